The zero-order valence-corrected chi connectivity index (χ0v) is 12.5. The second-order valence-electron chi connectivity index (χ2n) is 5.23. The van der Waals surface area contributed by atoms with Gasteiger partial charge in [-0.15, -0.1) is 0 Å². The van der Waals surface area contributed by atoms with Crippen molar-refractivity contribution in [3.63, 3.8) is 0 Å². The van der Waals surface area contributed by atoms with Crippen molar-refractivity contribution in [2.24, 2.45) is 0 Å². The molecular weight excluding hydrogens is 264 g/mol. The molecule has 1 rings (SSSR count). The molecule has 1 unspecified atom stereocenters. The molecule has 2 amide bonds. The second-order valence-corrected chi connectivity index (χ2v) is 6.21. The number of carbonyl (C=O) groups is 2. The third kappa shape index (κ3) is 4.93. The standard InChI is InChI=1S/C13H24N2O3S/c1-10(6-9-19-2)14-12(18)15-13(11(16)17)7-4-3-5-8-13/h10H,3-9H2,1-2H3,(H,16,17)(H2,14,15,18). The molecule has 1 saturated carbocycles. The molecule has 1 aliphatic rings. The fourth-order valence-corrected chi connectivity index (χ4v) is 2.98. The van der Waals surface area contributed by atoms with Gasteiger partial charge in [0.1, 0.15) is 5.54 Å². The molecule has 0 aliphatic heterocycles. The number of rotatable bonds is 6. The van der Waals surface area contributed by atoms with E-state index >= 15 is 0 Å². The van der Waals surface area contributed by atoms with Crippen LogP contribution in [0.2, 0.25) is 0 Å². The fraction of sp³-hybridized carbons (Fsp3) is 0.846. The molecule has 0 bridgehead atoms. The van der Waals surface area contributed by atoms with Crippen LogP contribution in [0.3, 0.4) is 0 Å². The Bertz CT molecular complexity index is 317. The molecule has 1 fully saturated rings. The molecule has 5 nitrogen and oxygen atoms in total. The summed E-state index contributed by atoms with van der Waals surface area (Å²) in [5, 5.41) is 14.9. The molecule has 3 N–H and O–H groups in total. The van der Waals surface area contributed by atoms with Crippen LogP contribution in [0.5, 0.6) is 0 Å². The van der Waals surface area contributed by atoms with E-state index in [0.29, 0.717) is 12.8 Å². The number of carboxylic acids is 1. The molecule has 0 heterocycles. The molecule has 6 heteroatoms. The van der Waals surface area contributed by atoms with Gasteiger partial charge in [-0.05, 0) is 38.2 Å². The molecule has 0 aromatic carbocycles. The van der Waals surface area contributed by atoms with Gasteiger partial charge in [0.15, 0.2) is 0 Å². The van der Waals surface area contributed by atoms with E-state index in [9.17, 15) is 14.7 Å². The first-order valence-electron chi connectivity index (χ1n) is 6.81. The summed E-state index contributed by atoms with van der Waals surface area (Å²) in [6.07, 6.45) is 6.71. The molecule has 0 aromatic heterocycles. The maximum absolute atomic E-state index is 11.9. The Labute approximate surface area is 118 Å². The summed E-state index contributed by atoms with van der Waals surface area (Å²) in [4.78, 5) is 23.3. The average molecular weight is 288 g/mol. The van der Waals surface area contributed by atoms with Crippen molar-refractivity contribution < 1.29 is 14.7 Å². The van der Waals surface area contributed by atoms with Gasteiger partial charge in [-0.1, -0.05) is 19.3 Å². The lowest BCUT2D eigenvalue weighted by Crippen LogP contribution is -2.59. The van der Waals surface area contributed by atoms with Crippen molar-refractivity contribution in [2.75, 3.05) is 12.0 Å². The molecule has 0 spiro atoms. The van der Waals surface area contributed by atoms with Crippen LogP contribution < -0.4 is 10.6 Å². The largest absolute Gasteiger partial charge is 0.480 e. The van der Waals surface area contributed by atoms with E-state index in [0.717, 1.165) is 31.4 Å². The van der Waals surface area contributed by atoms with Gasteiger partial charge >= 0.3 is 12.0 Å². The van der Waals surface area contributed by atoms with Crippen LogP contribution in [0, 0.1) is 0 Å². The van der Waals surface area contributed by atoms with Gasteiger partial charge in [0.25, 0.3) is 0 Å². The molecule has 0 aromatic rings. The van der Waals surface area contributed by atoms with Crippen molar-refractivity contribution in [2.45, 2.75) is 57.0 Å². The zero-order chi connectivity index (χ0) is 14.3. The first kappa shape index (κ1) is 16.1. The highest BCUT2D eigenvalue weighted by Gasteiger charge is 2.41. The number of urea groups is 1. The molecular formula is C13H24N2O3S. The summed E-state index contributed by atoms with van der Waals surface area (Å²) >= 11 is 1.73. The number of aliphatic carboxylic acids is 1. The molecule has 0 saturated heterocycles. The van der Waals surface area contributed by atoms with Crippen LogP contribution in [0.25, 0.3) is 0 Å². The zero-order valence-electron chi connectivity index (χ0n) is 11.7. The lowest BCUT2D eigenvalue weighted by Gasteiger charge is -2.34. The monoisotopic (exact) mass is 288 g/mol. The Morgan fingerprint density at radius 2 is 1.95 bits per heavy atom. The van der Waals surface area contributed by atoms with Crippen LogP contribution in [-0.4, -0.2) is 40.7 Å². The van der Waals surface area contributed by atoms with Crippen molar-refractivity contribution in [1.29, 1.82) is 0 Å². The lowest BCUT2D eigenvalue weighted by molar-refractivity contribution is -0.145. The van der Waals surface area contributed by atoms with E-state index in [1.54, 1.807) is 11.8 Å². The molecule has 0 radical (unpaired) electrons. The number of carbonyl (C=O) groups excluding carboxylic acids is 1. The van der Waals surface area contributed by atoms with Gasteiger partial charge in [-0.25, -0.2) is 9.59 Å². The summed E-state index contributed by atoms with van der Waals surface area (Å²) in [6, 6.07) is -0.306. The number of nitrogens with one attached hydrogen (secondary N) is 2. The van der Waals surface area contributed by atoms with Gasteiger partial charge in [0.05, 0.1) is 0 Å². The topological polar surface area (TPSA) is 78.4 Å². The van der Waals surface area contributed by atoms with Crippen molar-refractivity contribution in [1.82, 2.24) is 10.6 Å². The Morgan fingerprint density at radius 1 is 1.32 bits per heavy atom. The summed E-state index contributed by atoms with van der Waals surface area (Å²) in [6.45, 7) is 1.93. The lowest BCUT2D eigenvalue weighted by atomic mass is 9.82. The molecule has 110 valence electrons. The van der Waals surface area contributed by atoms with E-state index < -0.39 is 11.5 Å². The maximum atomic E-state index is 11.9. The van der Waals surface area contributed by atoms with Crippen LogP contribution in [0.1, 0.15) is 45.4 Å². The highest BCUT2D eigenvalue weighted by Crippen LogP contribution is 2.28. The minimum atomic E-state index is -1.07. The number of carboxylic acid groups (broad SMARTS) is 1. The summed E-state index contributed by atoms with van der Waals surface area (Å²) in [5.74, 6) is 0.0602. The predicted octanol–water partition coefficient (Wildman–Crippen LogP) is 2.21. The van der Waals surface area contributed by atoms with E-state index in [2.05, 4.69) is 10.6 Å². The quantitative estimate of drug-likeness (QED) is 0.700. The van der Waals surface area contributed by atoms with E-state index in [4.69, 9.17) is 0 Å². The summed E-state index contributed by atoms with van der Waals surface area (Å²) in [7, 11) is 0. The average Bonchev–Trinajstić information content (AvgIpc) is 2.37. The Hall–Kier alpha value is -0.910. The minimum Gasteiger partial charge on any atom is -0.480 e. The normalized spacial score (nSPS) is 19.5. The molecule has 1 aliphatic carbocycles. The highest BCUT2D eigenvalue weighted by atomic mass is 32.2. The van der Waals surface area contributed by atoms with Crippen molar-refractivity contribution in [3.8, 4) is 0 Å². The first-order valence-corrected chi connectivity index (χ1v) is 8.20. The minimum absolute atomic E-state index is 0.0573. The smallest absolute Gasteiger partial charge is 0.329 e. The van der Waals surface area contributed by atoms with E-state index in [1.165, 1.54) is 0 Å². The first-order chi connectivity index (χ1) is 9.00. The Kier molecular flexibility index (Phi) is 6.48. The van der Waals surface area contributed by atoms with Gasteiger partial charge < -0.3 is 15.7 Å². The summed E-state index contributed by atoms with van der Waals surface area (Å²) < 4.78 is 0. The number of hydrogen-bond donors (Lipinski definition) is 3. The number of thioether (sulfide) groups is 1. The second kappa shape index (κ2) is 7.62. The van der Waals surface area contributed by atoms with Crippen molar-refractivity contribution >= 4 is 23.8 Å². The van der Waals surface area contributed by atoms with E-state index in [-0.39, 0.29) is 12.1 Å². The fourth-order valence-electron chi connectivity index (χ4n) is 2.39. The maximum Gasteiger partial charge on any atom is 0.329 e. The third-order valence-electron chi connectivity index (χ3n) is 3.60. The van der Waals surface area contributed by atoms with Crippen LogP contribution in [-0.2, 0) is 4.79 Å². The molecule has 19 heavy (non-hydrogen) atoms. The van der Waals surface area contributed by atoms with Gasteiger partial charge in [-0.2, -0.15) is 11.8 Å². The summed E-state index contributed by atoms with van der Waals surface area (Å²) in [5.41, 5.74) is -1.07. The van der Waals surface area contributed by atoms with E-state index in [1.807, 2.05) is 13.2 Å². The SMILES string of the molecule is CSCCC(C)NC(=O)NC1(C(=O)O)CCCCC1. The third-order valence-corrected chi connectivity index (χ3v) is 4.25. The number of amides is 2. The molecule has 1 atom stereocenters. The van der Waals surface area contributed by atoms with Gasteiger partial charge in [-0.3, -0.25) is 0 Å². The van der Waals surface area contributed by atoms with Gasteiger partial charge in [0.2, 0.25) is 0 Å². The van der Waals surface area contributed by atoms with Gasteiger partial charge in [0, 0.05) is 6.04 Å². The number of hydrogen-bond acceptors (Lipinski definition) is 3. The van der Waals surface area contributed by atoms with Crippen LogP contribution >= 0.6 is 11.8 Å². The Balaban J connectivity index is 2.50. The van der Waals surface area contributed by atoms with Crippen molar-refractivity contribution in [3.05, 3.63) is 0 Å². The highest BCUT2D eigenvalue weighted by molar-refractivity contribution is 7.98. The Morgan fingerprint density at radius 3 is 2.47 bits per heavy atom. The van der Waals surface area contributed by atoms with Crippen LogP contribution in [0.4, 0.5) is 4.79 Å². The predicted molar refractivity (Wildman–Crippen MR) is 77.6 cm³/mol. The van der Waals surface area contributed by atoms with Crippen LogP contribution in [0.15, 0.2) is 0 Å².